The molecule has 0 aliphatic carbocycles. The molecular weight excluding hydrogens is 310 g/mol. The van der Waals surface area contributed by atoms with E-state index < -0.39 is 0 Å². The number of hydrogen-bond donors (Lipinski definition) is 2. The first-order valence-corrected chi connectivity index (χ1v) is 8.23. The summed E-state index contributed by atoms with van der Waals surface area (Å²) in [6.07, 6.45) is 0. The van der Waals surface area contributed by atoms with Crippen LogP contribution in [-0.4, -0.2) is 10.9 Å². The van der Waals surface area contributed by atoms with Crippen molar-refractivity contribution in [2.24, 2.45) is 0 Å². The van der Waals surface area contributed by atoms with Crippen LogP contribution in [0.4, 0.5) is 5.69 Å². The predicted molar refractivity (Wildman–Crippen MR) is 89.5 cm³/mol. The van der Waals surface area contributed by atoms with E-state index in [9.17, 15) is 4.79 Å². The first-order valence-electron chi connectivity index (χ1n) is 7.35. The molecule has 23 heavy (non-hydrogen) atoms. The lowest BCUT2D eigenvalue weighted by atomic mass is 10.1. The van der Waals surface area contributed by atoms with Crippen molar-refractivity contribution >= 4 is 22.9 Å². The highest BCUT2D eigenvalue weighted by Gasteiger charge is 2.15. The van der Waals surface area contributed by atoms with E-state index in [1.165, 1.54) is 22.5 Å². The summed E-state index contributed by atoms with van der Waals surface area (Å²) in [6.45, 7) is 3.62. The Kier molecular flexibility index (Phi) is 3.48. The Morgan fingerprint density at radius 3 is 2.96 bits per heavy atom. The van der Waals surface area contributed by atoms with Gasteiger partial charge in [-0.2, -0.15) is 0 Å². The Morgan fingerprint density at radius 2 is 2.13 bits per heavy atom. The summed E-state index contributed by atoms with van der Waals surface area (Å²) >= 11 is 1.40. The maximum absolute atomic E-state index is 12.4. The van der Waals surface area contributed by atoms with Crippen molar-refractivity contribution in [1.82, 2.24) is 10.3 Å². The van der Waals surface area contributed by atoms with E-state index in [0.29, 0.717) is 16.5 Å². The van der Waals surface area contributed by atoms with Crippen LogP contribution in [0, 0.1) is 6.92 Å². The molecule has 5 nitrogen and oxygen atoms in total. The highest BCUT2D eigenvalue weighted by molar-refractivity contribution is 7.13. The van der Waals surface area contributed by atoms with Crippen molar-refractivity contribution in [2.75, 3.05) is 5.32 Å². The van der Waals surface area contributed by atoms with Crippen LogP contribution in [0.25, 0.3) is 10.8 Å². The molecule has 0 fully saturated rings. The van der Waals surface area contributed by atoms with Gasteiger partial charge in [0.05, 0.1) is 0 Å². The number of thiazole rings is 1. The molecule has 2 N–H and O–H groups in total. The van der Waals surface area contributed by atoms with E-state index in [2.05, 4.69) is 15.6 Å². The first-order chi connectivity index (χ1) is 11.2. The van der Waals surface area contributed by atoms with Crippen LogP contribution in [0.1, 0.15) is 27.4 Å². The number of carbonyl (C=O) groups is 1. The first kappa shape index (κ1) is 14.2. The third kappa shape index (κ3) is 2.78. The lowest BCUT2D eigenvalue weighted by Crippen LogP contribution is -2.12. The Bertz CT molecular complexity index is 882. The summed E-state index contributed by atoms with van der Waals surface area (Å²) in [4.78, 5) is 16.7. The van der Waals surface area contributed by atoms with Crippen molar-refractivity contribution in [2.45, 2.75) is 20.0 Å². The number of hydrogen-bond acceptors (Lipinski definition) is 5. The molecule has 4 rings (SSSR count). The number of amides is 1. The Balaban J connectivity index is 1.52. The predicted octanol–water partition coefficient (Wildman–Crippen LogP) is 3.57. The van der Waals surface area contributed by atoms with Crippen LogP contribution in [0.3, 0.4) is 0 Å². The second-order valence-corrected chi connectivity index (χ2v) is 6.35. The topological polar surface area (TPSA) is 67.2 Å². The zero-order valence-electron chi connectivity index (χ0n) is 12.6. The minimum atomic E-state index is -0.207. The van der Waals surface area contributed by atoms with E-state index in [4.69, 9.17) is 4.42 Å². The molecule has 0 bridgehead atoms. The van der Waals surface area contributed by atoms with Gasteiger partial charge in [-0.1, -0.05) is 6.07 Å². The fourth-order valence-electron chi connectivity index (χ4n) is 2.61. The average molecular weight is 325 g/mol. The molecule has 2 aromatic heterocycles. The third-order valence-corrected chi connectivity index (χ3v) is 4.64. The van der Waals surface area contributed by atoms with Gasteiger partial charge in [0.2, 0.25) is 0 Å². The van der Waals surface area contributed by atoms with E-state index in [-0.39, 0.29) is 5.91 Å². The maximum Gasteiger partial charge on any atom is 0.275 e. The van der Waals surface area contributed by atoms with Crippen LogP contribution in [0.2, 0.25) is 0 Å². The Hall–Kier alpha value is -2.44. The van der Waals surface area contributed by atoms with Crippen molar-refractivity contribution in [3.63, 3.8) is 0 Å². The molecule has 0 saturated carbocycles. The number of nitrogens with zero attached hydrogens (tertiary/aromatic N) is 1. The van der Waals surface area contributed by atoms with Crippen LogP contribution in [-0.2, 0) is 13.1 Å². The van der Waals surface area contributed by atoms with Gasteiger partial charge in [-0.25, -0.2) is 4.98 Å². The van der Waals surface area contributed by atoms with Crippen LogP contribution in [0.5, 0.6) is 0 Å². The van der Waals surface area contributed by atoms with Gasteiger partial charge >= 0.3 is 0 Å². The molecule has 0 atom stereocenters. The third-order valence-electron chi connectivity index (χ3n) is 3.78. The molecule has 0 unspecified atom stereocenters. The fourth-order valence-corrected chi connectivity index (χ4v) is 3.37. The van der Waals surface area contributed by atoms with Crippen molar-refractivity contribution < 1.29 is 9.21 Å². The van der Waals surface area contributed by atoms with E-state index >= 15 is 0 Å². The highest BCUT2D eigenvalue weighted by atomic mass is 32.1. The number of nitrogens with one attached hydrogen (secondary N) is 2. The van der Waals surface area contributed by atoms with E-state index in [0.717, 1.165) is 24.5 Å². The lowest BCUT2D eigenvalue weighted by molar-refractivity contribution is 0.102. The minimum Gasteiger partial charge on any atom is -0.459 e. The Morgan fingerprint density at radius 1 is 1.26 bits per heavy atom. The van der Waals surface area contributed by atoms with Crippen LogP contribution < -0.4 is 10.6 Å². The smallest absolute Gasteiger partial charge is 0.275 e. The SMILES string of the molecule is Cc1ccc(-c2nc(C(=O)Nc3ccc4c(c3)CNC4)cs2)o1. The van der Waals surface area contributed by atoms with Crippen LogP contribution >= 0.6 is 11.3 Å². The molecule has 1 aromatic carbocycles. The summed E-state index contributed by atoms with van der Waals surface area (Å²) in [5.74, 6) is 1.31. The van der Waals surface area contributed by atoms with Gasteiger partial charge in [0.15, 0.2) is 10.8 Å². The largest absolute Gasteiger partial charge is 0.459 e. The number of rotatable bonds is 3. The van der Waals surface area contributed by atoms with Crippen LogP contribution in [0.15, 0.2) is 40.1 Å². The number of furan rings is 1. The minimum absolute atomic E-state index is 0.207. The number of fused-ring (bicyclic) bond motifs is 1. The molecule has 1 amide bonds. The summed E-state index contributed by atoms with van der Waals surface area (Å²) < 4.78 is 5.54. The maximum atomic E-state index is 12.4. The molecule has 0 saturated heterocycles. The molecule has 6 heteroatoms. The summed E-state index contributed by atoms with van der Waals surface area (Å²) in [7, 11) is 0. The number of aromatic nitrogens is 1. The summed E-state index contributed by atoms with van der Waals surface area (Å²) in [5.41, 5.74) is 3.71. The van der Waals surface area contributed by atoms with Gasteiger partial charge in [0.25, 0.3) is 5.91 Å². The highest BCUT2D eigenvalue weighted by Crippen LogP contribution is 2.26. The zero-order chi connectivity index (χ0) is 15.8. The fraction of sp³-hybridized carbons (Fsp3) is 0.176. The molecule has 3 heterocycles. The second-order valence-electron chi connectivity index (χ2n) is 5.49. The quantitative estimate of drug-likeness (QED) is 0.772. The van der Waals surface area contributed by atoms with Crippen molar-refractivity contribution in [3.05, 3.63) is 58.3 Å². The number of anilines is 1. The monoisotopic (exact) mass is 325 g/mol. The molecule has 0 radical (unpaired) electrons. The lowest BCUT2D eigenvalue weighted by Gasteiger charge is -2.05. The normalized spacial score (nSPS) is 13.1. The molecule has 1 aliphatic heterocycles. The molecule has 3 aromatic rings. The standard InChI is InChI=1S/C17H15N3O2S/c1-10-2-5-15(22-10)17-20-14(9-23-17)16(21)19-13-4-3-11-7-18-8-12(11)6-13/h2-6,9,18H,7-8H2,1H3,(H,19,21). The molecule has 116 valence electrons. The Labute approximate surface area is 137 Å². The average Bonchev–Trinajstić information content (AvgIpc) is 3.26. The van der Waals surface area contributed by atoms with Gasteiger partial charge in [0, 0.05) is 24.2 Å². The van der Waals surface area contributed by atoms with Gasteiger partial charge in [-0.15, -0.1) is 11.3 Å². The van der Waals surface area contributed by atoms with Crippen molar-refractivity contribution in [1.29, 1.82) is 0 Å². The van der Waals surface area contributed by atoms with E-state index in [1.807, 2.05) is 37.3 Å². The molecule has 1 aliphatic rings. The number of aryl methyl sites for hydroxylation is 1. The van der Waals surface area contributed by atoms with Gasteiger partial charge in [0.1, 0.15) is 11.5 Å². The second kappa shape index (κ2) is 5.64. The molecular formula is C17H15N3O2S. The summed E-state index contributed by atoms with van der Waals surface area (Å²) in [6, 6.07) is 9.73. The molecule has 0 spiro atoms. The number of carbonyl (C=O) groups excluding carboxylic acids is 1. The van der Waals surface area contributed by atoms with Gasteiger partial charge in [-0.3, -0.25) is 4.79 Å². The van der Waals surface area contributed by atoms with Crippen molar-refractivity contribution in [3.8, 4) is 10.8 Å². The van der Waals surface area contributed by atoms with Gasteiger partial charge in [-0.05, 0) is 42.3 Å². The zero-order valence-corrected chi connectivity index (χ0v) is 13.4. The van der Waals surface area contributed by atoms with E-state index in [1.54, 1.807) is 5.38 Å². The summed E-state index contributed by atoms with van der Waals surface area (Å²) in [5, 5.41) is 8.65. The number of benzene rings is 1. The van der Waals surface area contributed by atoms with Gasteiger partial charge < -0.3 is 15.1 Å².